The molecule has 100 valence electrons. The van der Waals surface area contributed by atoms with Crippen molar-refractivity contribution in [3.63, 3.8) is 0 Å². The maximum absolute atomic E-state index is 11.5. The highest BCUT2D eigenvalue weighted by Crippen LogP contribution is 2.19. The lowest BCUT2D eigenvalue weighted by Gasteiger charge is -2.07. The zero-order valence-corrected chi connectivity index (χ0v) is 10.6. The van der Waals surface area contributed by atoms with Gasteiger partial charge < -0.3 is 14.5 Å². The molecule has 1 amide bonds. The van der Waals surface area contributed by atoms with Gasteiger partial charge in [-0.1, -0.05) is 0 Å². The molecule has 0 spiro atoms. The molecule has 2 heterocycles. The Kier molecular flexibility index (Phi) is 4.63. The minimum Gasteiger partial charge on any atom is -0.463 e. The number of hydrogen-bond donors (Lipinski definition) is 1. The first-order valence-corrected chi connectivity index (χ1v) is 5.99. The second kappa shape index (κ2) is 6.65. The fourth-order valence-corrected chi connectivity index (χ4v) is 1.54. The molecule has 0 saturated carbocycles. The molecular weight excluding hydrogens is 246 g/mol. The number of aromatic nitrogens is 2. The van der Waals surface area contributed by atoms with Gasteiger partial charge in [0.1, 0.15) is 12.3 Å². The summed E-state index contributed by atoms with van der Waals surface area (Å²) in [6.45, 7) is 2.68. The lowest BCUT2D eigenvalue weighted by Crippen LogP contribution is -2.27. The Balaban J connectivity index is 2.03. The van der Waals surface area contributed by atoms with Gasteiger partial charge in [-0.3, -0.25) is 9.78 Å². The number of carbonyl (C=O) groups excluding carboxylic acids is 1. The van der Waals surface area contributed by atoms with Crippen molar-refractivity contribution in [1.82, 2.24) is 15.3 Å². The summed E-state index contributed by atoms with van der Waals surface area (Å²) in [5.74, 6) is 0.444. The molecule has 6 nitrogen and oxygen atoms in total. The first-order valence-electron chi connectivity index (χ1n) is 5.99. The normalized spacial score (nSPS) is 10.4. The Morgan fingerprint density at radius 1 is 1.42 bits per heavy atom. The van der Waals surface area contributed by atoms with Gasteiger partial charge in [0.25, 0.3) is 0 Å². The number of rotatable bonds is 6. The van der Waals surface area contributed by atoms with Crippen molar-refractivity contribution in [2.45, 2.75) is 13.5 Å². The summed E-state index contributed by atoms with van der Waals surface area (Å²) in [5, 5.41) is 2.73. The van der Waals surface area contributed by atoms with Crippen LogP contribution in [0.1, 0.15) is 12.6 Å². The van der Waals surface area contributed by atoms with E-state index in [2.05, 4.69) is 15.3 Å². The number of hydrogen-bond acceptors (Lipinski definition) is 5. The Morgan fingerprint density at radius 3 is 3.00 bits per heavy atom. The van der Waals surface area contributed by atoms with E-state index in [1.165, 1.54) is 0 Å². The van der Waals surface area contributed by atoms with E-state index < -0.39 is 0 Å². The van der Waals surface area contributed by atoms with Gasteiger partial charge in [0.15, 0.2) is 5.76 Å². The monoisotopic (exact) mass is 261 g/mol. The van der Waals surface area contributed by atoms with Crippen molar-refractivity contribution < 1.29 is 13.9 Å². The summed E-state index contributed by atoms with van der Waals surface area (Å²) in [5.41, 5.74) is 1.28. The van der Waals surface area contributed by atoms with Crippen molar-refractivity contribution in [1.29, 1.82) is 0 Å². The Labute approximate surface area is 110 Å². The minimum absolute atomic E-state index is 0.0485. The van der Waals surface area contributed by atoms with E-state index in [-0.39, 0.29) is 19.1 Å². The van der Waals surface area contributed by atoms with Crippen LogP contribution in [0, 0.1) is 0 Å². The number of carbonyl (C=O) groups is 1. The quantitative estimate of drug-likeness (QED) is 0.850. The maximum atomic E-state index is 11.5. The fraction of sp³-hybridized carbons (Fsp3) is 0.308. The van der Waals surface area contributed by atoms with Crippen molar-refractivity contribution >= 4 is 5.91 Å². The summed E-state index contributed by atoms with van der Waals surface area (Å²) in [6.07, 6.45) is 4.74. The van der Waals surface area contributed by atoms with E-state index in [0.717, 1.165) is 0 Å². The number of ether oxygens (including phenoxy) is 1. The molecule has 0 radical (unpaired) electrons. The van der Waals surface area contributed by atoms with Crippen LogP contribution < -0.4 is 5.32 Å². The number of furan rings is 1. The van der Waals surface area contributed by atoms with Gasteiger partial charge in [-0.05, 0) is 19.1 Å². The minimum atomic E-state index is -0.183. The average Bonchev–Trinajstić information content (AvgIpc) is 2.97. The van der Waals surface area contributed by atoms with Gasteiger partial charge in [-0.2, -0.15) is 0 Å². The van der Waals surface area contributed by atoms with Crippen LogP contribution in [0.4, 0.5) is 0 Å². The summed E-state index contributed by atoms with van der Waals surface area (Å²) >= 11 is 0. The molecule has 0 fully saturated rings. The SMILES string of the molecule is CCOCC(=O)NCc1nccnc1-c1ccco1. The van der Waals surface area contributed by atoms with E-state index >= 15 is 0 Å². The molecule has 0 aliphatic heterocycles. The van der Waals surface area contributed by atoms with Gasteiger partial charge in [0.05, 0.1) is 18.5 Å². The van der Waals surface area contributed by atoms with E-state index in [1.807, 2.05) is 6.92 Å². The van der Waals surface area contributed by atoms with Crippen LogP contribution in [0.25, 0.3) is 11.5 Å². The third-order valence-corrected chi connectivity index (χ3v) is 2.42. The highest BCUT2D eigenvalue weighted by molar-refractivity contribution is 5.77. The van der Waals surface area contributed by atoms with Crippen molar-refractivity contribution in [3.8, 4) is 11.5 Å². The zero-order chi connectivity index (χ0) is 13.5. The van der Waals surface area contributed by atoms with E-state index in [4.69, 9.17) is 9.15 Å². The largest absolute Gasteiger partial charge is 0.463 e. The van der Waals surface area contributed by atoms with Crippen LogP contribution in [-0.4, -0.2) is 29.1 Å². The molecule has 0 aromatic carbocycles. The molecule has 6 heteroatoms. The van der Waals surface area contributed by atoms with Gasteiger partial charge in [-0.15, -0.1) is 0 Å². The van der Waals surface area contributed by atoms with Crippen molar-refractivity contribution in [3.05, 3.63) is 36.5 Å². The first kappa shape index (κ1) is 13.2. The summed E-state index contributed by atoms with van der Waals surface area (Å²) in [6, 6.07) is 3.58. The lowest BCUT2D eigenvalue weighted by atomic mass is 10.2. The highest BCUT2D eigenvalue weighted by Gasteiger charge is 2.11. The van der Waals surface area contributed by atoms with E-state index in [0.29, 0.717) is 23.8 Å². The second-order valence-corrected chi connectivity index (χ2v) is 3.74. The van der Waals surface area contributed by atoms with Crippen LogP contribution in [0.15, 0.2) is 35.2 Å². The molecule has 0 aliphatic rings. The molecular formula is C13H15N3O3. The molecule has 0 aliphatic carbocycles. The van der Waals surface area contributed by atoms with E-state index in [1.54, 1.807) is 30.8 Å². The van der Waals surface area contributed by atoms with Gasteiger partial charge >= 0.3 is 0 Å². The molecule has 2 aromatic rings. The van der Waals surface area contributed by atoms with Crippen LogP contribution in [0.5, 0.6) is 0 Å². The molecule has 1 N–H and O–H groups in total. The van der Waals surface area contributed by atoms with Crippen molar-refractivity contribution in [2.24, 2.45) is 0 Å². The Morgan fingerprint density at radius 2 is 2.26 bits per heavy atom. The molecule has 2 aromatic heterocycles. The fourth-order valence-electron chi connectivity index (χ4n) is 1.54. The summed E-state index contributed by atoms with van der Waals surface area (Å²) in [7, 11) is 0. The summed E-state index contributed by atoms with van der Waals surface area (Å²) < 4.78 is 10.3. The zero-order valence-electron chi connectivity index (χ0n) is 10.6. The molecule has 19 heavy (non-hydrogen) atoms. The molecule has 0 bridgehead atoms. The van der Waals surface area contributed by atoms with Gasteiger partial charge in [0, 0.05) is 19.0 Å². The number of amides is 1. The molecule has 0 saturated heterocycles. The predicted octanol–water partition coefficient (Wildman–Crippen LogP) is 1.39. The Bertz CT molecular complexity index is 526. The maximum Gasteiger partial charge on any atom is 0.246 e. The third-order valence-electron chi connectivity index (χ3n) is 2.42. The van der Waals surface area contributed by atoms with Crippen LogP contribution in [0.3, 0.4) is 0 Å². The predicted molar refractivity (Wildman–Crippen MR) is 68.1 cm³/mol. The van der Waals surface area contributed by atoms with Crippen molar-refractivity contribution in [2.75, 3.05) is 13.2 Å². The number of nitrogens with zero attached hydrogens (tertiary/aromatic N) is 2. The summed E-state index contributed by atoms with van der Waals surface area (Å²) in [4.78, 5) is 19.9. The van der Waals surface area contributed by atoms with Gasteiger partial charge in [0.2, 0.25) is 5.91 Å². The average molecular weight is 261 g/mol. The lowest BCUT2D eigenvalue weighted by molar-refractivity contribution is -0.125. The molecule has 0 atom stereocenters. The highest BCUT2D eigenvalue weighted by atomic mass is 16.5. The third kappa shape index (κ3) is 3.62. The van der Waals surface area contributed by atoms with Crippen LogP contribution in [-0.2, 0) is 16.1 Å². The van der Waals surface area contributed by atoms with Crippen LogP contribution >= 0.6 is 0 Å². The molecule has 2 rings (SSSR count). The second-order valence-electron chi connectivity index (χ2n) is 3.74. The standard InChI is InChI=1S/C13H15N3O3/c1-2-18-9-12(17)16-8-10-13(15-6-5-14-10)11-4-3-7-19-11/h3-7H,2,8-9H2,1H3,(H,16,17). The number of nitrogens with one attached hydrogen (secondary N) is 1. The first-order chi connectivity index (χ1) is 9.31. The topological polar surface area (TPSA) is 77.2 Å². The van der Waals surface area contributed by atoms with E-state index in [9.17, 15) is 4.79 Å². The molecule has 0 unspecified atom stereocenters. The Hall–Kier alpha value is -2.21. The van der Waals surface area contributed by atoms with Gasteiger partial charge in [-0.25, -0.2) is 4.98 Å². The smallest absolute Gasteiger partial charge is 0.246 e. The van der Waals surface area contributed by atoms with Crippen LogP contribution in [0.2, 0.25) is 0 Å².